The van der Waals surface area contributed by atoms with Gasteiger partial charge in [-0.05, 0) is 30.7 Å². The third-order valence-electron chi connectivity index (χ3n) is 2.62. The van der Waals surface area contributed by atoms with Gasteiger partial charge in [-0.1, -0.05) is 12.1 Å². The van der Waals surface area contributed by atoms with Crippen molar-refractivity contribution in [2.45, 2.75) is 12.8 Å². The summed E-state index contributed by atoms with van der Waals surface area (Å²) in [6.45, 7) is 2.99. The molecule has 82 valence electrons. The third kappa shape index (κ3) is 2.59. The molecule has 0 amide bonds. The van der Waals surface area contributed by atoms with Gasteiger partial charge in [-0.15, -0.1) is 0 Å². The molecule has 1 aliphatic heterocycles. The lowest BCUT2D eigenvalue weighted by atomic mass is 10.2. The number of para-hydroxylation sites is 2. The molecule has 1 aliphatic rings. The Morgan fingerprint density at radius 1 is 1.33 bits per heavy atom. The third-order valence-corrected chi connectivity index (χ3v) is 2.94. The number of anilines is 1. The summed E-state index contributed by atoms with van der Waals surface area (Å²) in [7, 11) is 0. The van der Waals surface area contributed by atoms with E-state index in [1.165, 1.54) is 5.69 Å². The lowest BCUT2D eigenvalue weighted by Crippen LogP contribution is -2.25. The zero-order valence-corrected chi connectivity index (χ0v) is 9.75. The summed E-state index contributed by atoms with van der Waals surface area (Å²) in [5.41, 5.74) is 1.23. The summed E-state index contributed by atoms with van der Waals surface area (Å²) in [6, 6.07) is 8.29. The molecule has 0 unspecified atom stereocenters. The summed E-state index contributed by atoms with van der Waals surface area (Å²) in [5.74, 6) is 1.97. The highest BCUT2D eigenvalue weighted by Crippen LogP contribution is 2.30. The van der Waals surface area contributed by atoms with Crippen molar-refractivity contribution in [1.82, 2.24) is 0 Å². The highest BCUT2D eigenvalue weighted by Gasteiger charge is 2.14. The molecule has 0 radical (unpaired) electrons. The Morgan fingerprint density at radius 2 is 2.20 bits per heavy atom. The second-order valence-electron chi connectivity index (χ2n) is 3.73. The molecule has 0 spiro atoms. The van der Waals surface area contributed by atoms with E-state index in [4.69, 9.17) is 4.74 Å². The molecule has 2 nitrogen and oxygen atoms in total. The lowest BCUT2D eigenvalue weighted by molar-refractivity contribution is 0.322. The van der Waals surface area contributed by atoms with Gasteiger partial charge < -0.3 is 9.64 Å². The van der Waals surface area contributed by atoms with Crippen molar-refractivity contribution in [1.29, 1.82) is 0 Å². The van der Waals surface area contributed by atoms with E-state index >= 15 is 0 Å². The molecular weight excluding hydrogens is 206 g/mol. The highest BCUT2D eigenvalue weighted by molar-refractivity contribution is 7.80. The van der Waals surface area contributed by atoms with Crippen molar-refractivity contribution in [2.75, 3.05) is 30.3 Å². The van der Waals surface area contributed by atoms with Crippen LogP contribution in [-0.2, 0) is 0 Å². The van der Waals surface area contributed by atoms with Crippen LogP contribution in [0.3, 0.4) is 0 Å². The van der Waals surface area contributed by atoms with Gasteiger partial charge in [0, 0.05) is 13.1 Å². The number of ether oxygens (including phenoxy) is 1. The zero-order valence-electron chi connectivity index (χ0n) is 8.85. The van der Waals surface area contributed by atoms with E-state index in [0.29, 0.717) is 0 Å². The van der Waals surface area contributed by atoms with Crippen molar-refractivity contribution < 1.29 is 4.74 Å². The molecule has 0 bridgehead atoms. The van der Waals surface area contributed by atoms with Gasteiger partial charge in [0.05, 0.1) is 12.3 Å². The quantitative estimate of drug-likeness (QED) is 0.791. The topological polar surface area (TPSA) is 12.5 Å². The second kappa shape index (κ2) is 5.31. The van der Waals surface area contributed by atoms with Crippen molar-refractivity contribution in [2.24, 2.45) is 0 Å². The van der Waals surface area contributed by atoms with Gasteiger partial charge in [0.15, 0.2) is 0 Å². The van der Waals surface area contributed by atoms with E-state index in [0.717, 1.165) is 44.0 Å². The highest BCUT2D eigenvalue weighted by atomic mass is 32.1. The molecule has 0 saturated heterocycles. The lowest BCUT2D eigenvalue weighted by Gasteiger charge is -2.23. The molecule has 2 rings (SSSR count). The van der Waals surface area contributed by atoms with Crippen LogP contribution < -0.4 is 9.64 Å². The number of thiol groups is 1. The molecule has 3 heteroatoms. The molecular formula is C12H17NOS. The Balaban J connectivity index is 2.17. The summed E-state index contributed by atoms with van der Waals surface area (Å²) in [6.07, 6.45) is 2.22. The normalized spacial score (nSPS) is 15.4. The SMILES string of the molecule is SCCCN1CCCOc2ccccc21. The summed E-state index contributed by atoms with van der Waals surface area (Å²) in [5, 5.41) is 0. The van der Waals surface area contributed by atoms with Crippen molar-refractivity contribution in [3.05, 3.63) is 24.3 Å². The number of benzene rings is 1. The van der Waals surface area contributed by atoms with Gasteiger partial charge in [-0.2, -0.15) is 12.6 Å². The maximum absolute atomic E-state index is 5.70. The zero-order chi connectivity index (χ0) is 10.5. The minimum atomic E-state index is 0.828. The van der Waals surface area contributed by atoms with Crippen molar-refractivity contribution in [3.8, 4) is 5.75 Å². The second-order valence-corrected chi connectivity index (χ2v) is 4.18. The van der Waals surface area contributed by atoms with Crippen molar-refractivity contribution >= 4 is 18.3 Å². The number of fused-ring (bicyclic) bond motifs is 1. The Hall–Kier alpha value is -0.830. The average Bonchev–Trinajstić information content (AvgIpc) is 2.49. The number of rotatable bonds is 3. The minimum Gasteiger partial charge on any atom is -0.491 e. The largest absolute Gasteiger partial charge is 0.491 e. The molecule has 1 aromatic rings. The summed E-state index contributed by atoms with van der Waals surface area (Å²) in [4.78, 5) is 2.40. The van der Waals surface area contributed by atoms with Crippen LogP contribution in [0.15, 0.2) is 24.3 Å². The first-order valence-corrected chi connectivity index (χ1v) is 6.12. The van der Waals surface area contributed by atoms with E-state index in [-0.39, 0.29) is 0 Å². The molecule has 0 fully saturated rings. The van der Waals surface area contributed by atoms with Gasteiger partial charge in [-0.25, -0.2) is 0 Å². The Morgan fingerprint density at radius 3 is 3.07 bits per heavy atom. The molecule has 15 heavy (non-hydrogen) atoms. The Labute approximate surface area is 96.6 Å². The van der Waals surface area contributed by atoms with E-state index in [9.17, 15) is 0 Å². The van der Waals surface area contributed by atoms with Gasteiger partial charge in [0.25, 0.3) is 0 Å². The maximum Gasteiger partial charge on any atom is 0.142 e. The van der Waals surface area contributed by atoms with E-state index in [2.05, 4.69) is 29.7 Å². The first-order chi connectivity index (χ1) is 7.42. The average molecular weight is 223 g/mol. The van der Waals surface area contributed by atoms with Gasteiger partial charge >= 0.3 is 0 Å². The van der Waals surface area contributed by atoms with Crippen LogP contribution in [0, 0.1) is 0 Å². The minimum absolute atomic E-state index is 0.828. The standard InChI is InChI=1S/C12H17NOS/c15-10-4-8-13-7-3-9-14-12-6-2-1-5-11(12)13/h1-2,5-6,15H,3-4,7-10H2. The fourth-order valence-electron chi connectivity index (χ4n) is 1.89. The fraction of sp³-hybridized carbons (Fsp3) is 0.500. The van der Waals surface area contributed by atoms with Crippen LogP contribution >= 0.6 is 12.6 Å². The molecule has 0 saturated carbocycles. The predicted octanol–water partition coefficient (Wildman–Crippen LogP) is 2.60. The number of nitrogens with zero attached hydrogens (tertiary/aromatic N) is 1. The van der Waals surface area contributed by atoms with Gasteiger partial charge in [0.1, 0.15) is 5.75 Å². The van der Waals surface area contributed by atoms with E-state index < -0.39 is 0 Å². The molecule has 0 atom stereocenters. The van der Waals surface area contributed by atoms with Crippen LogP contribution in [0.25, 0.3) is 0 Å². The Kier molecular flexibility index (Phi) is 3.78. The molecule has 0 aromatic heterocycles. The van der Waals surface area contributed by atoms with Crippen LogP contribution in [0.1, 0.15) is 12.8 Å². The smallest absolute Gasteiger partial charge is 0.142 e. The molecule has 1 aromatic carbocycles. The van der Waals surface area contributed by atoms with Crippen LogP contribution in [0.5, 0.6) is 5.75 Å². The van der Waals surface area contributed by atoms with Crippen LogP contribution in [-0.4, -0.2) is 25.4 Å². The monoisotopic (exact) mass is 223 g/mol. The first kappa shape index (κ1) is 10.7. The summed E-state index contributed by atoms with van der Waals surface area (Å²) >= 11 is 4.26. The fourth-order valence-corrected chi connectivity index (χ4v) is 2.03. The van der Waals surface area contributed by atoms with Gasteiger partial charge in [-0.3, -0.25) is 0 Å². The van der Waals surface area contributed by atoms with E-state index in [1.54, 1.807) is 0 Å². The van der Waals surface area contributed by atoms with Crippen molar-refractivity contribution in [3.63, 3.8) is 0 Å². The molecule has 0 N–H and O–H groups in total. The maximum atomic E-state index is 5.70. The molecule has 1 heterocycles. The van der Waals surface area contributed by atoms with Gasteiger partial charge in [0.2, 0.25) is 0 Å². The first-order valence-electron chi connectivity index (χ1n) is 5.49. The predicted molar refractivity (Wildman–Crippen MR) is 67.2 cm³/mol. The van der Waals surface area contributed by atoms with E-state index in [1.807, 2.05) is 12.1 Å². The van der Waals surface area contributed by atoms with Crippen LogP contribution in [0.4, 0.5) is 5.69 Å². The number of hydrogen-bond donors (Lipinski definition) is 1. The Bertz CT molecular complexity index is 316. The number of hydrogen-bond acceptors (Lipinski definition) is 3. The molecule has 0 aliphatic carbocycles. The summed E-state index contributed by atoms with van der Waals surface area (Å²) < 4.78 is 5.70. The van der Waals surface area contributed by atoms with Crippen LogP contribution in [0.2, 0.25) is 0 Å².